The lowest BCUT2D eigenvalue weighted by Crippen LogP contribution is -2.33. The van der Waals surface area contributed by atoms with E-state index in [1.807, 2.05) is 24.3 Å². The molecule has 4 nitrogen and oxygen atoms in total. The Morgan fingerprint density at radius 2 is 1.74 bits per heavy atom. The highest BCUT2D eigenvalue weighted by Crippen LogP contribution is 2.40. The Morgan fingerprint density at radius 3 is 2.46 bits per heavy atom. The lowest BCUT2D eigenvalue weighted by Gasteiger charge is -2.21. The van der Waals surface area contributed by atoms with Crippen molar-refractivity contribution in [3.8, 4) is 16.9 Å². The van der Waals surface area contributed by atoms with Crippen LogP contribution in [0.25, 0.3) is 11.1 Å². The summed E-state index contributed by atoms with van der Waals surface area (Å²) in [6, 6.07) is 15.6. The number of rotatable bonds is 8. The van der Waals surface area contributed by atoms with Crippen molar-refractivity contribution in [2.24, 2.45) is 0 Å². The van der Waals surface area contributed by atoms with Gasteiger partial charge in [-0.2, -0.15) is 0 Å². The topological polar surface area (TPSA) is 43.3 Å². The Kier molecular flexibility index (Phi) is 8.07. The van der Waals surface area contributed by atoms with Gasteiger partial charge in [0, 0.05) is 41.4 Å². The van der Waals surface area contributed by atoms with Crippen molar-refractivity contribution in [1.29, 1.82) is 0 Å². The molecule has 0 bridgehead atoms. The number of thioether (sulfide) groups is 1. The van der Waals surface area contributed by atoms with E-state index in [0.29, 0.717) is 40.0 Å². The summed E-state index contributed by atoms with van der Waals surface area (Å²) in [6.07, 6.45) is -0.0781. The summed E-state index contributed by atoms with van der Waals surface area (Å²) in [5.74, 6) is -1.43. The molecule has 0 saturated carbocycles. The van der Waals surface area contributed by atoms with Gasteiger partial charge in [0.2, 0.25) is 0 Å². The van der Waals surface area contributed by atoms with E-state index in [2.05, 4.69) is 5.32 Å². The molecule has 0 aliphatic carbocycles. The molecular formula is C30H26ClF3N2O2S. The molecule has 0 spiro atoms. The average molecular weight is 571 g/mol. The summed E-state index contributed by atoms with van der Waals surface area (Å²) in [5, 5.41) is 4.65. The largest absolute Gasteiger partial charge is 0.494 e. The summed E-state index contributed by atoms with van der Waals surface area (Å²) < 4.78 is 51.7. The predicted molar refractivity (Wildman–Crippen MR) is 149 cm³/mol. The fourth-order valence-electron chi connectivity index (χ4n) is 5.00. The molecule has 202 valence electrons. The van der Waals surface area contributed by atoms with E-state index in [9.17, 15) is 13.6 Å². The quantitative estimate of drug-likeness (QED) is 0.249. The number of hydrogen-bond donors (Lipinski definition) is 1. The number of aromatic nitrogens is 1. The number of ether oxygens (including phenoxy) is 1. The zero-order valence-electron chi connectivity index (χ0n) is 21.4. The van der Waals surface area contributed by atoms with Crippen LogP contribution in [-0.4, -0.2) is 24.0 Å². The van der Waals surface area contributed by atoms with Gasteiger partial charge >= 0.3 is 0 Å². The standard InChI is InChI=1S/C30H26ClF3N2O2S/c1-17-21(13-22-24(32)10-6-11-25(22)33)30-36(29(37)27(17)20-8-5-12-26(38-2)28(20)34)19(16-39-30)15-35-14-18-7-3-4-9-23(18)31/h3-12,19,35H,13-16H2,1-2H3. The van der Waals surface area contributed by atoms with Gasteiger partial charge in [0.25, 0.3) is 5.56 Å². The zero-order valence-corrected chi connectivity index (χ0v) is 22.9. The number of fused-ring (bicyclic) bond motifs is 1. The molecule has 2 heterocycles. The van der Waals surface area contributed by atoms with Crippen molar-refractivity contribution in [3.63, 3.8) is 0 Å². The Morgan fingerprint density at radius 1 is 1.03 bits per heavy atom. The molecule has 39 heavy (non-hydrogen) atoms. The van der Waals surface area contributed by atoms with E-state index < -0.39 is 17.5 Å². The average Bonchev–Trinajstić information content (AvgIpc) is 3.34. The molecule has 1 aromatic heterocycles. The lowest BCUT2D eigenvalue weighted by molar-refractivity contribution is 0.387. The SMILES string of the molecule is COc1cccc(-c2c(C)c(Cc3c(F)cccc3F)c3n(c2=O)C(CNCc2ccccc2Cl)CS3)c1F. The number of halogens is 4. The number of methoxy groups -OCH3 is 1. The molecule has 1 N–H and O–H groups in total. The van der Waals surface area contributed by atoms with E-state index in [0.717, 1.165) is 5.56 Å². The summed E-state index contributed by atoms with van der Waals surface area (Å²) in [4.78, 5) is 14.0. The van der Waals surface area contributed by atoms with Crippen LogP contribution in [0.15, 0.2) is 70.5 Å². The predicted octanol–water partition coefficient (Wildman–Crippen LogP) is 6.93. The molecule has 0 amide bonds. The first kappa shape index (κ1) is 27.4. The third kappa shape index (κ3) is 5.21. The van der Waals surface area contributed by atoms with Gasteiger partial charge in [0.1, 0.15) is 11.6 Å². The van der Waals surface area contributed by atoms with E-state index in [-0.39, 0.29) is 40.5 Å². The second kappa shape index (κ2) is 11.5. The van der Waals surface area contributed by atoms with Crippen molar-refractivity contribution in [2.45, 2.75) is 31.0 Å². The summed E-state index contributed by atoms with van der Waals surface area (Å²) in [6.45, 7) is 2.65. The van der Waals surface area contributed by atoms with Gasteiger partial charge in [-0.1, -0.05) is 48.0 Å². The van der Waals surface area contributed by atoms with Gasteiger partial charge in [-0.3, -0.25) is 9.36 Å². The third-order valence-corrected chi connectivity index (χ3v) is 8.67. The van der Waals surface area contributed by atoms with Crippen LogP contribution in [-0.2, 0) is 13.0 Å². The van der Waals surface area contributed by atoms with E-state index in [1.54, 1.807) is 17.6 Å². The molecule has 0 fully saturated rings. The van der Waals surface area contributed by atoms with Gasteiger partial charge in [0.15, 0.2) is 11.6 Å². The highest BCUT2D eigenvalue weighted by Gasteiger charge is 2.32. The highest BCUT2D eigenvalue weighted by atomic mass is 35.5. The van der Waals surface area contributed by atoms with Gasteiger partial charge < -0.3 is 10.1 Å². The van der Waals surface area contributed by atoms with E-state index >= 15 is 4.39 Å². The first-order chi connectivity index (χ1) is 18.8. The molecule has 0 saturated heterocycles. The van der Waals surface area contributed by atoms with Crippen LogP contribution in [0.4, 0.5) is 13.2 Å². The van der Waals surface area contributed by atoms with E-state index in [4.69, 9.17) is 16.3 Å². The zero-order chi connectivity index (χ0) is 27.7. The minimum Gasteiger partial charge on any atom is -0.494 e. The van der Waals surface area contributed by atoms with Gasteiger partial charge in [-0.15, -0.1) is 11.8 Å². The minimum absolute atomic E-state index is 0.00540. The number of hydrogen-bond acceptors (Lipinski definition) is 4. The minimum atomic E-state index is -0.672. The first-order valence-electron chi connectivity index (χ1n) is 12.4. The number of nitrogens with zero attached hydrogens (tertiary/aromatic N) is 1. The van der Waals surface area contributed by atoms with Crippen LogP contribution in [0, 0.1) is 24.4 Å². The summed E-state index contributed by atoms with van der Waals surface area (Å²) in [7, 11) is 1.36. The van der Waals surface area contributed by atoms with Crippen molar-refractivity contribution in [3.05, 3.63) is 116 Å². The molecule has 1 aliphatic heterocycles. The van der Waals surface area contributed by atoms with Crippen molar-refractivity contribution in [1.82, 2.24) is 9.88 Å². The van der Waals surface area contributed by atoms with Gasteiger partial charge in [-0.25, -0.2) is 13.2 Å². The van der Waals surface area contributed by atoms with Crippen molar-refractivity contribution < 1.29 is 17.9 Å². The molecule has 3 aromatic carbocycles. The number of nitrogens with one attached hydrogen (secondary N) is 1. The molecular weight excluding hydrogens is 545 g/mol. The maximum absolute atomic E-state index is 15.5. The summed E-state index contributed by atoms with van der Waals surface area (Å²) >= 11 is 7.75. The first-order valence-corrected chi connectivity index (χ1v) is 13.8. The molecule has 5 rings (SSSR count). The van der Waals surface area contributed by atoms with Crippen LogP contribution < -0.4 is 15.6 Å². The van der Waals surface area contributed by atoms with Crippen molar-refractivity contribution in [2.75, 3.05) is 19.4 Å². The highest BCUT2D eigenvalue weighted by molar-refractivity contribution is 7.99. The molecule has 4 aromatic rings. The molecule has 0 radical (unpaired) electrons. The van der Waals surface area contributed by atoms with Crippen molar-refractivity contribution >= 4 is 23.4 Å². The molecule has 1 unspecified atom stereocenters. The molecule has 1 aliphatic rings. The fraction of sp³-hybridized carbons (Fsp3) is 0.233. The normalized spacial score (nSPS) is 14.5. The van der Waals surface area contributed by atoms with Crippen LogP contribution >= 0.6 is 23.4 Å². The fourth-order valence-corrected chi connectivity index (χ4v) is 6.59. The van der Waals surface area contributed by atoms with E-state index in [1.165, 1.54) is 49.2 Å². The van der Waals surface area contributed by atoms with Gasteiger partial charge in [-0.05, 0) is 47.9 Å². The summed E-state index contributed by atoms with van der Waals surface area (Å²) in [5.41, 5.74) is 1.79. The van der Waals surface area contributed by atoms with Crippen LogP contribution in [0.1, 0.15) is 28.3 Å². The van der Waals surface area contributed by atoms with Crippen LogP contribution in [0.3, 0.4) is 0 Å². The number of benzene rings is 3. The maximum atomic E-state index is 15.5. The maximum Gasteiger partial charge on any atom is 0.260 e. The lowest BCUT2D eigenvalue weighted by atomic mass is 9.94. The Labute approximate surface area is 233 Å². The third-order valence-electron chi connectivity index (χ3n) is 7.04. The smallest absolute Gasteiger partial charge is 0.260 e. The second-order valence-corrected chi connectivity index (χ2v) is 10.8. The second-order valence-electron chi connectivity index (χ2n) is 9.34. The monoisotopic (exact) mass is 570 g/mol. The van der Waals surface area contributed by atoms with Gasteiger partial charge in [0.05, 0.1) is 23.7 Å². The van der Waals surface area contributed by atoms with Crippen LogP contribution in [0.2, 0.25) is 5.02 Å². The Hall–Kier alpha value is -3.20. The Balaban J connectivity index is 1.62. The number of pyridine rings is 1. The Bertz CT molecular complexity index is 1590. The van der Waals surface area contributed by atoms with Crippen LogP contribution in [0.5, 0.6) is 5.75 Å². The molecule has 9 heteroatoms. The molecule has 1 atom stereocenters.